The molecule has 3 amide bonds. The first-order valence-corrected chi connectivity index (χ1v) is 11.0. The second-order valence-corrected chi connectivity index (χ2v) is 8.67. The van der Waals surface area contributed by atoms with Crippen molar-refractivity contribution in [3.05, 3.63) is 29.8 Å². The first-order valence-electron chi connectivity index (χ1n) is 11.0. The Morgan fingerprint density at radius 3 is 2.47 bits per heavy atom. The molecule has 1 aromatic rings. The summed E-state index contributed by atoms with van der Waals surface area (Å²) in [6, 6.07) is 6.95. The average molecular weight is 417 g/mol. The number of nitrogens with zero attached hydrogens (tertiary/aromatic N) is 1. The number of rotatable bonds is 11. The molecule has 0 saturated heterocycles. The number of anilines is 1. The number of nitrogens with two attached hydrogens (primary N) is 1. The zero-order valence-corrected chi connectivity index (χ0v) is 18.3. The molecule has 0 bridgehead atoms. The molecule has 0 aromatic heterocycles. The Morgan fingerprint density at radius 1 is 1.10 bits per heavy atom. The van der Waals surface area contributed by atoms with Crippen LogP contribution in [0.25, 0.3) is 0 Å². The number of amides is 3. The number of hydrogen-bond donors (Lipinski definition) is 3. The molecule has 1 aliphatic carbocycles. The molecular weight excluding hydrogens is 380 g/mol. The minimum absolute atomic E-state index is 0.0522. The molecule has 4 N–H and O–H groups in total. The van der Waals surface area contributed by atoms with E-state index in [-0.39, 0.29) is 24.9 Å². The van der Waals surface area contributed by atoms with Gasteiger partial charge in [-0.05, 0) is 36.9 Å². The van der Waals surface area contributed by atoms with Gasteiger partial charge < -0.3 is 16.4 Å². The molecule has 0 aliphatic heterocycles. The van der Waals surface area contributed by atoms with Gasteiger partial charge in [0.2, 0.25) is 11.8 Å². The molecule has 7 heteroatoms. The summed E-state index contributed by atoms with van der Waals surface area (Å²) >= 11 is 0. The molecule has 0 heterocycles. The Labute approximate surface area is 179 Å². The van der Waals surface area contributed by atoms with E-state index in [9.17, 15) is 14.4 Å². The van der Waals surface area contributed by atoms with Crippen LogP contribution < -0.4 is 16.4 Å². The Hall–Kier alpha value is -2.41. The lowest BCUT2D eigenvalue weighted by molar-refractivity contribution is -0.121. The van der Waals surface area contributed by atoms with Crippen LogP contribution in [0.3, 0.4) is 0 Å². The minimum atomic E-state index is -0.445. The zero-order chi connectivity index (χ0) is 21.9. The highest BCUT2D eigenvalue weighted by Gasteiger charge is 2.19. The third-order valence-electron chi connectivity index (χ3n) is 5.44. The smallest absolute Gasteiger partial charge is 0.253 e. The van der Waals surface area contributed by atoms with Crippen LogP contribution in [0.5, 0.6) is 0 Å². The van der Waals surface area contributed by atoms with Crippen LogP contribution in [-0.2, 0) is 9.59 Å². The van der Waals surface area contributed by atoms with Crippen LogP contribution in [0.2, 0.25) is 0 Å². The second kappa shape index (κ2) is 12.3. The molecule has 1 aromatic carbocycles. The van der Waals surface area contributed by atoms with Gasteiger partial charge in [-0.3, -0.25) is 19.3 Å². The zero-order valence-electron chi connectivity index (χ0n) is 18.3. The maximum Gasteiger partial charge on any atom is 0.253 e. The van der Waals surface area contributed by atoms with Gasteiger partial charge in [0.25, 0.3) is 5.91 Å². The summed E-state index contributed by atoms with van der Waals surface area (Å²) in [5.41, 5.74) is 6.28. The average Bonchev–Trinajstić information content (AvgIpc) is 2.71. The normalized spacial score (nSPS) is 14.7. The monoisotopic (exact) mass is 416 g/mol. The SMILES string of the molecule is CC(C)CNC(=O)c1ccccc1NC(=O)CN(CCC1CCCCC1)CC(N)=O. The maximum absolute atomic E-state index is 12.7. The van der Waals surface area contributed by atoms with Crippen molar-refractivity contribution < 1.29 is 14.4 Å². The van der Waals surface area contributed by atoms with E-state index in [1.54, 1.807) is 29.2 Å². The van der Waals surface area contributed by atoms with E-state index in [0.717, 1.165) is 6.42 Å². The molecule has 1 fully saturated rings. The predicted octanol–water partition coefficient (Wildman–Crippen LogP) is 2.77. The first-order chi connectivity index (χ1) is 14.3. The van der Waals surface area contributed by atoms with Crippen molar-refractivity contribution in [2.75, 3.05) is 31.5 Å². The summed E-state index contributed by atoms with van der Waals surface area (Å²) < 4.78 is 0. The number of carbonyl (C=O) groups is 3. The van der Waals surface area contributed by atoms with Crippen LogP contribution in [0.15, 0.2) is 24.3 Å². The quantitative estimate of drug-likeness (QED) is 0.516. The summed E-state index contributed by atoms with van der Waals surface area (Å²) in [6.45, 7) is 5.39. The molecule has 1 saturated carbocycles. The van der Waals surface area contributed by atoms with Crippen molar-refractivity contribution in [3.8, 4) is 0 Å². The largest absolute Gasteiger partial charge is 0.369 e. The Bertz CT molecular complexity index is 714. The van der Waals surface area contributed by atoms with E-state index in [0.29, 0.717) is 36.2 Å². The number of primary amides is 1. The molecule has 166 valence electrons. The Balaban J connectivity index is 1.95. The highest BCUT2D eigenvalue weighted by Crippen LogP contribution is 2.26. The number of para-hydroxylation sites is 1. The van der Waals surface area contributed by atoms with Crippen LogP contribution in [0.4, 0.5) is 5.69 Å². The number of hydrogen-bond acceptors (Lipinski definition) is 4. The van der Waals surface area contributed by atoms with Gasteiger partial charge in [0.1, 0.15) is 0 Å². The van der Waals surface area contributed by atoms with E-state index in [1.807, 2.05) is 13.8 Å². The van der Waals surface area contributed by atoms with E-state index in [2.05, 4.69) is 10.6 Å². The van der Waals surface area contributed by atoms with Crippen molar-refractivity contribution >= 4 is 23.4 Å². The summed E-state index contributed by atoms with van der Waals surface area (Å²) in [6.07, 6.45) is 7.22. The number of nitrogens with one attached hydrogen (secondary N) is 2. The molecular formula is C23H36N4O3. The lowest BCUT2D eigenvalue weighted by atomic mass is 9.87. The molecule has 0 spiro atoms. The lowest BCUT2D eigenvalue weighted by Gasteiger charge is -2.26. The van der Waals surface area contributed by atoms with Crippen LogP contribution in [0, 0.1) is 11.8 Å². The first kappa shape index (κ1) is 23.9. The summed E-state index contributed by atoms with van der Waals surface area (Å²) in [7, 11) is 0. The fourth-order valence-electron chi connectivity index (χ4n) is 3.85. The van der Waals surface area contributed by atoms with Crippen molar-refractivity contribution in [2.45, 2.75) is 52.4 Å². The standard InChI is InChI=1S/C23H36N4O3/c1-17(2)14-25-23(30)19-10-6-7-11-20(19)26-22(29)16-27(15-21(24)28)13-12-18-8-4-3-5-9-18/h6-7,10-11,17-18H,3-5,8-9,12-16H2,1-2H3,(H2,24,28)(H,25,30)(H,26,29). The predicted molar refractivity (Wildman–Crippen MR) is 119 cm³/mol. The van der Waals surface area contributed by atoms with E-state index >= 15 is 0 Å². The molecule has 2 rings (SSSR count). The van der Waals surface area contributed by atoms with Crippen molar-refractivity contribution in [1.29, 1.82) is 0 Å². The highest BCUT2D eigenvalue weighted by atomic mass is 16.2. The van der Waals surface area contributed by atoms with Gasteiger partial charge in [-0.25, -0.2) is 0 Å². The van der Waals surface area contributed by atoms with E-state index < -0.39 is 5.91 Å². The van der Waals surface area contributed by atoms with Gasteiger partial charge in [0, 0.05) is 6.54 Å². The molecule has 7 nitrogen and oxygen atoms in total. The topological polar surface area (TPSA) is 105 Å². The molecule has 0 radical (unpaired) electrons. The molecule has 1 aliphatic rings. The van der Waals surface area contributed by atoms with Gasteiger partial charge in [0.05, 0.1) is 24.3 Å². The number of carbonyl (C=O) groups excluding carboxylic acids is 3. The Morgan fingerprint density at radius 2 is 1.80 bits per heavy atom. The van der Waals surface area contributed by atoms with Gasteiger partial charge >= 0.3 is 0 Å². The van der Waals surface area contributed by atoms with Crippen molar-refractivity contribution in [3.63, 3.8) is 0 Å². The molecule has 0 unspecified atom stereocenters. The number of benzene rings is 1. The summed E-state index contributed by atoms with van der Waals surface area (Å²) in [4.78, 5) is 38.4. The third kappa shape index (κ3) is 8.53. The van der Waals surface area contributed by atoms with E-state index in [4.69, 9.17) is 5.73 Å². The van der Waals surface area contributed by atoms with Gasteiger partial charge in [-0.2, -0.15) is 0 Å². The van der Waals surface area contributed by atoms with Crippen LogP contribution >= 0.6 is 0 Å². The van der Waals surface area contributed by atoms with E-state index in [1.165, 1.54) is 32.1 Å². The van der Waals surface area contributed by atoms with Crippen LogP contribution in [-0.4, -0.2) is 48.8 Å². The Kier molecular flexibility index (Phi) is 9.80. The fraction of sp³-hybridized carbons (Fsp3) is 0.609. The van der Waals surface area contributed by atoms with Gasteiger partial charge in [0.15, 0.2) is 0 Å². The van der Waals surface area contributed by atoms with Gasteiger partial charge in [-0.1, -0.05) is 58.1 Å². The fourth-order valence-corrected chi connectivity index (χ4v) is 3.85. The van der Waals surface area contributed by atoms with Gasteiger partial charge in [-0.15, -0.1) is 0 Å². The lowest BCUT2D eigenvalue weighted by Crippen LogP contribution is -2.40. The maximum atomic E-state index is 12.7. The van der Waals surface area contributed by atoms with Crippen molar-refractivity contribution in [1.82, 2.24) is 10.2 Å². The summed E-state index contributed by atoms with van der Waals surface area (Å²) in [5.74, 6) is 0.0691. The minimum Gasteiger partial charge on any atom is -0.369 e. The highest BCUT2D eigenvalue weighted by molar-refractivity contribution is 6.04. The third-order valence-corrected chi connectivity index (χ3v) is 5.44. The summed E-state index contributed by atoms with van der Waals surface area (Å²) in [5, 5.41) is 5.70. The second-order valence-electron chi connectivity index (χ2n) is 8.67. The van der Waals surface area contributed by atoms with Crippen molar-refractivity contribution in [2.24, 2.45) is 17.6 Å². The molecule has 0 atom stereocenters. The molecule has 30 heavy (non-hydrogen) atoms. The van der Waals surface area contributed by atoms with Crippen LogP contribution in [0.1, 0.15) is 62.7 Å².